The highest BCUT2D eigenvalue weighted by Crippen LogP contribution is 2.17. The van der Waals surface area contributed by atoms with E-state index in [1.807, 2.05) is 11.6 Å². The van der Waals surface area contributed by atoms with Crippen LogP contribution in [0, 0.1) is 0 Å². The standard InChI is InChI=1S/C16H23N3O7S/c1-4-6-7-27(23,24)19-15(21)11-8-12(25-3)14(17-9-11)16(22)18-10-13(20)26-5-2/h8-9H,4-7,10H2,1-3H3,(H,18,22)(H,19,21). The van der Waals surface area contributed by atoms with Crippen molar-refractivity contribution in [2.75, 3.05) is 26.0 Å². The van der Waals surface area contributed by atoms with Gasteiger partial charge < -0.3 is 14.8 Å². The van der Waals surface area contributed by atoms with Crippen molar-refractivity contribution in [2.45, 2.75) is 26.7 Å². The molecular formula is C16H23N3O7S. The molecule has 11 heteroatoms. The average Bonchev–Trinajstić information content (AvgIpc) is 2.63. The molecule has 0 aliphatic carbocycles. The lowest BCUT2D eigenvalue weighted by molar-refractivity contribution is -0.141. The molecule has 10 nitrogen and oxygen atoms in total. The molecule has 0 bridgehead atoms. The van der Waals surface area contributed by atoms with Crippen LogP contribution in [-0.4, -0.2) is 57.2 Å². The van der Waals surface area contributed by atoms with Crippen molar-refractivity contribution >= 4 is 27.8 Å². The van der Waals surface area contributed by atoms with Crippen LogP contribution >= 0.6 is 0 Å². The van der Waals surface area contributed by atoms with Gasteiger partial charge in [0.2, 0.25) is 10.0 Å². The van der Waals surface area contributed by atoms with E-state index in [0.29, 0.717) is 12.8 Å². The number of esters is 1. The van der Waals surface area contributed by atoms with Gasteiger partial charge in [0, 0.05) is 6.20 Å². The van der Waals surface area contributed by atoms with Crippen LogP contribution in [-0.2, 0) is 19.6 Å². The largest absolute Gasteiger partial charge is 0.494 e. The van der Waals surface area contributed by atoms with Crippen LogP contribution in [0.3, 0.4) is 0 Å². The predicted molar refractivity (Wildman–Crippen MR) is 95.9 cm³/mol. The zero-order chi connectivity index (χ0) is 20.4. The number of unbranched alkanes of at least 4 members (excludes halogenated alkanes) is 1. The van der Waals surface area contributed by atoms with Crippen LogP contribution in [0.15, 0.2) is 12.3 Å². The van der Waals surface area contributed by atoms with Gasteiger partial charge in [-0.3, -0.25) is 14.4 Å². The fraction of sp³-hybridized carbons (Fsp3) is 0.500. The molecule has 1 aromatic heterocycles. The summed E-state index contributed by atoms with van der Waals surface area (Å²) in [6, 6.07) is 1.19. The first-order valence-corrected chi connectivity index (χ1v) is 9.92. The second kappa shape index (κ2) is 10.5. The summed E-state index contributed by atoms with van der Waals surface area (Å²) < 4.78 is 35.3. The lowest BCUT2D eigenvalue weighted by Gasteiger charge is -2.10. The molecule has 0 radical (unpaired) electrons. The molecule has 1 aromatic rings. The van der Waals surface area contributed by atoms with E-state index in [-0.39, 0.29) is 35.9 Å². The Hall–Kier alpha value is -2.69. The maximum absolute atomic E-state index is 12.1. The Kier molecular flexibility index (Phi) is 8.66. The number of nitrogens with zero attached hydrogens (tertiary/aromatic N) is 1. The summed E-state index contributed by atoms with van der Waals surface area (Å²) in [7, 11) is -2.50. The predicted octanol–water partition coefficient (Wildman–Crippen LogP) is 0.243. The number of pyridine rings is 1. The number of ether oxygens (including phenoxy) is 2. The van der Waals surface area contributed by atoms with Gasteiger partial charge in [-0.2, -0.15) is 0 Å². The number of hydrogen-bond donors (Lipinski definition) is 2. The highest BCUT2D eigenvalue weighted by Gasteiger charge is 2.20. The van der Waals surface area contributed by atoms with Gasteiger partial charge in [-0.05, 0) is 19.4 Å². The maximum Gasteiger partial charge on any atom is 0.325 e. The molecule has 0 aromatic carbocycles. The van der Waals surface area contributed by atoms with E-state index in [1.54, 1.807) is 6.92 Å². The zero-order valence-electron chi connectivity index (χ0n) is 15.4. The summed E-state index contributed by atoms with van der Waals surface area (Å²) in [5, 5.41) is 2.32. The van der Waals surface area contributed by atoms with Crippen LogP contribution in [0.4, 0.5) is 0 Å². The summed E-state index contributed by atoms with van der Waals surface area (Å²) in [4.78, 5) is 39.3. The van der Waals surface area contributed by atoms with Crippen LogP contribution < -0.4 is 14.8 Å². The summed E-state index contributed by atoms with van der Waals surface area (Å²) in [5.74, 6) is -2.42. The Bertz CT molecular complexity index is 793. The molecule has 0 aliphatic heterocycles. The number of sulfonamides is 1. The Morgan fingerprint density at radius 3 is 2.48 bits per heavy atom. The smallest absolute Gasteiger partial charge is 0.325 e. The summed E-state index contributed by atoms with van der Waals surface area (Å²) in [6.07, 6.45) is 2.14. The molecule has 2 amide bonds. The van der Waals surface area contributed by atoms with Crippen LogP contribution in [0.5, 0.6) is 5.75 Å². The minimum absolute atomic E-state index is 0.0463. The Morgan fingerprint density at radius 2 is 1.89 bits per heavy atom. The lowest BCUT2D eigenvalue weighted by Crippen LogP contribution is -2.33. The lowest BCUT2D eigenvalue weighted by atomic mass is 10.2. The topological polar surface area (TPSA) is 141 Å². The molecule has 0 aliphatic rings. The maximum atomic E-state index is 12.1. The van der Waals surface area contributed by atoms with Crippen molar-refractivity contribution < 1.29 is 32.3 Å². The van der Waals surface area contributed by atoms with Gasteiger partial charge >= 0.3 is 5.97 Å². The molecule has 0 saturated carbocycles. The number of rotatable bonds is 10. The highest BCUT2D eigenvalue weighted by molar-refractivity contribution is 7.90. The summed E-state index contributed by atoms with van der Waals surface area (Å²) in [5.41, 5.74) is -0.249. The number of amides is 2. The number of carbonyl (C=O) groups is 3. The molecule has 150 valence electrons. The molecule has 0 unspecified atom stereocenters. The average molecular weight is 401 g/mol. The van der Waals surface area contributed by atoms with Crippen molar-refractivity contribution in [1.29, 1.82) is 0 Å². The Morgan fingerprint density at radius 1 is 1.19 bits per heavy atom. The SMILES string of the molecule is CCCCS(=O)(=O)NC(=O)c1cnc(C(=O)NCC(=O)OCC)c(OC)c1. The van der Waals surface area contributed by atoms with Crippen molar-refractivity contribution in [2.24, 2.45) is 0 Å². The molecule has 1 rings (SSSR count). The van der Waals surface area contributed by atoms with Gasteiger partial charge in [-0.15, -0.1) is 0 Å². The number of nitrogens with one attached hydrogen (secondary N) is 2. The minimum Gasteiger partial charge on any atom is -0.494 e. The third kappa shape index (κ3) is 7.21. The second-order valence-electron chi connectivity index (χ2n) is 5.37. The molecule has 0 atom stereocenters. The first kappa shape index (κ1) is 22.4. The van der Waals surface area contributed by atoms with Gasteiger partial charge in [-0.1, -0.05) is 13.3 Å². The number of hydrogen-bond acceptors (Lipinski definition) is 8. The molecule has 0 fully saturated rings. The van der Waals surface area contributed by atoms with Gasteiger partial charge in [0.05, 0.1) is 25.0 Å². The molecule has 0 saturated heterocycles. The van der Waals surface area contributed by atoms with E-state index in [0.717, 1.165) is 6.20 Å². The number of carbonyl (C=O) groups excluding carboxylic acids is 3. The van der Waals surface area contributed by atoms with E-state index in [1.165, 1.54) is 13.2 Å². The van der Waals surface area contributed by atoms with Crippen LogP contribution in [0.1, 0.15) is 47.5 Å². The molecule has 27 heavy (non-hydrogen) atoms. The van der Waals surface area contributed by atoms with E-state index in [2.05, 4.69) is 10.3 Å². The van der Waals surface area contributed by atoms with Crippen LogP contribution in [0.2, 0.25) is 0 Å². The van der Waals surface area contributed by atoms with Gasteiger partial charge in [0.25, 0.3) is 11.8 Å². The third-order valence-electron chi connectivity index (χ3n) is 3.26. The zero-order valence-corrected chi connectivity index (χ0v) is 16.2. The number of methoxy groups -OCH3 is 1. The van der Waals surface area contributed by atoms with Crippen molar-refractivity contribution in [3.8, 4) is 5.75 Å². The summed E-state index contributed by atoms with van der Waals surface area (Å²) >= 11 is 0. The minimum atomic E-state index is -3.76. The first-order valence-electron chi connectivity index (χ1n) is 8.26. The Balaban J connectivity index is 2.88. The van der Waals surface area contributed by atoms with E-state index in [4.69, 9.17) is 9.47 Å². The third-order valence-corrected chi connectivity index (χ3v) is 4.59. The van der Waals surface area contributed by atoms with Crippen molar-refractivity contribution in [3.63, 3.8) is 0 Å². The van der Waals surface area contributed by atoms with Gasteiger partial charge in [-0.25, -0.2) is 18.1 Å². The van der Waals surface area contributed by atoms with Crippen LogP contribution in [0.25, 0.3) is 0 Å². The van der Waals surface area contributed by atoms with E-state index >= 15 is 0 Å². The molecular weight excluding hydrogens is 378 g/mol. The van der Waals surface area contributed by atoms with E-state index in [9.17, 15) is 22.8 Å². The highest BCUT2D eigenvalue weighted by atomic mass is 32.2. The van der Waals surface area contributed by atoms with Crippen molar-refractivity contribution in [1.82, 2.24) is 15.0 Å². The first-order chi connectivity index (χ1) is 12.7. The fourth-order valence-corrected chi connectivity index (χ4v) is 3.10. The van der Waals surface area contributed by atoms with E-state index < -0.39 is 27.8 Å². The molecule has 0 spiro atoms. The van der Waals surface area contributed by atoms with Crippen molar-refractivity contribution in [3.05, 3.63) is 23.5 Å². The molecule has 1 heterocycles. The van der Waals surface area contributed by atoms with Gasteiger partial charge in [0.1, 0.15) is 6.54 Å². The number of aromatic nitrogens is 1. The normalized spacial score (nSPS) is 10.8. The summed E-state index contributed by atoms with van der Waals surface area (Å²) in [6.45, 7) is 3.30. The fourth-order valence-electron chi connectivity index (χ4n) is 1.93. The second-order valence-corrected chi connectivity index (χ2v) is 7.21. The molecule has 2 N–H and O–H groups in total. The Labute approximate surface area is 157 Å². The van der Waals surface area contributed by atoms with Gasteiger partial charge in [0.15, 0.2) is 11.4 Å². The quantitative estimate of drug-likeness (QED) is 0.531. The monoisotopic (exact) mass is 401 g/mol.